The Kier molecular flexibility index (Phi) is 5.51. The van der Waals surface area contributed by atoms with Crippen LogP contribution in [0.1, 0.15) is 15.9 Å². The van der Waals surface area contributed by atoms with Gasteiger partial charge in [0.15, 0.2) is 0 Å². The summed E-state index contributed by atoms with van der Waals surface area (Å²) in [6.07, 6.45) is -4.35. The number of nitrogens with one attached hydrogen (secondary N) is 2. The highest BCUT2D eigenvalue weighted by atomic mass is 19.4. The van der Waals surface area contributed by atoms with E-state index in [2.05, 4.69) is 5.32 Å². The molecule has 0 aromatic heterocycles. The van der Waals surface area contributed by atoms with E-state index in [0.717, 1.165) is 0 Å². The zero-order chi connectivity index (χ0) is 15.2. The molecule has 110 valence electrons. The van der Waals surface area contributed by atoms with Gasteiger partial charge in [-0.3, -0.25) is 9.59 Å². The lowest BCUT2D eigenvalue weighted by atomic mass is 10.1. The van der Waals surface area contributed by atoms with Gasteiger partial charge in [-0.2, -0.15) is 13.2 Å². The zero-order valence-electron chi connectivity index (χ0n) is 10.5. The third kappa shape index (κ3) is 6.19. The summed E-state index contributed by atoms with van der Waals surface area (Å²) in [7, 11) is 0. The SMILES string of the molecule is NC(=O)c1cccc(CNC(=O)CNCC(F)(F)F)c1. The largest absolute Gasteiger partial charge is 0.401 e. The Morgan fingerprint density at radius 3 is 2.55 bits per heavy atom. The summed E-state index contributed by atoms with van der Waals surface area (Å²) in [5.74, 6) is -1.16. The second kappa shape index (κ2) is 6.90. The molecule has 0 aliphatic carbocycles. The maximum absolute atomic E-state index is 11.8. The summed E-state index contributed by atoms with van der Waals surface area (Å²) >= 11 is 0. The van der Waals surface area contributed by atoms with Gasteiger partial charge in [-0.1, -0.05) is 12.1 Å². The Hall–Kier alpha value is -2.09. The molecule has 1 aromatic rings. The number of alkyl halides is 3. The molecule has 2 amide bonds. The summed E-state index contributed by atoms with van der Waals surface area (Å²) in [6, 6.07) is 6.30. The highest BCUT2D eigenvalue weighted by Crippen LogP contribution is 2.11. The first-order valence-electron chi connectivity index (χ1n) is 5.71. The molecule has 0 atom stereocenters. The van der Waals surface area contributed by atoms with Gasteiger partial charge in [0.05, 0.1) is 13.1 Å². The highest BCUT2D eigenvalue weighted by Gasteiger charge is 2.26. The summed E-state index contributed by atoms with van der Waals surface area (Å²) in [5.41, 5.74) is 6.03. The Labute approximate surface area is 113 Å². The average Bonchev–Trinajstić information content (AvgIpc) is 2.35. The third-order valence-electron chi connectivity index (χ3n) is 2.31. The van der Waals surface area contributed by atoms with E-state index in [1.807, 2.05) is 5.32 Å². The van der Waals surface area contributed by atoms with Gasteiger partial charge in [0.1, 0.15) is 0 Å². The van der Waals surface area contributed by atoms with Crippen LogP contribution in [0, 0.1) is 0 Å². The van der Waals surface area contributed by atoms with E-state index in [1.165, 1.54) is 12.1 Å². The zero-order valence-corrected chi connectivity index (χ0v) is 10.5. The van der Waals surface area contributed by atoms with Crippen LogP contribution < -0.4 is 16.4 Å². The molecule has 0 fully saturated rings. The summed E-state index contributed by atoms with van der Waals surface area (Å²) in [4.78, 5) is 22.2. The standard InChI is InChI=1S/C12H14F3N3O2/c13-12(14,15)7-17-6-10(19)18-5-8-2-1-3-9(4-8)11(16)20/h1-4,17H,5-7H2,(H2,16,20)(H,18,19). The van der Waals surface area contributed by atoms with Crippen LogP contribution in [0.15, 0.2) is 24.3 Å². The predicted molar refractivity (Wildman–Crippen MR) is 65.7 cm³/mol. The van der Waals surface area contributed by atoms with Gasteiger partial charge in [-0.05, 0) is 17.7 Å². The topological polar surface area (TPSA) is 84.2 Å². The van der Waals surface area contributed by atoms with Gasteiger partial charge in [0.2, 0.25) is 11.8 Å². The first kappa shape index (κ1) is 16.0. The normalized spacial score (nSPS) is 11.2. The first-order chi connectivity index (χ1) is 9.28. The van der Waals surface area contributed by atoms with Crippen LogP contribution in [-0.4, -0.2) is 31.1 Å². The lowest BCUT2D eigenvalue weighted by molar-refractivity contribution is -0.128. The van der Waals surface area contributed by atoms with Gasteiger partial charge in [-0.25, -0.2) is 0 Å². The van der Waals surface area contributed by atoms with Crippen molar-refractivity contribution in [3.8, 4) is 0 Å². The number of benzene rings is 1. The molecule has 0 saturated carbocycles. The van der Waals surface area contributed by atoms with E-state index in [4.69, 9.17) is 5.73 Å². The Bertz CT molecular complexity index is 489. The average molecular weight is 289 g/mol. The molecule has 0 aliphatic heterocycles. The van der Waals surface area contributed by atoms with E-state index in [-0.39, 0.29) is 6.54 Å². The number of halogens is 3. The Balaban J connectivity index is 2.37. The molecule has 0 bridgehead atoms. The minimum absolute atomic E-state index is 0.105. The molecular weight excluding hydrogens is 275 g/mol. The van der Waals surface area contributed by atoms with Crippen molar-refractivity contribution in [1.82, 2.24) is 10.6 Å². The van der Waals surface area contributed by atoms with Crippen molar-refractivity contribution in [2.24, 2.45) is 5.73 Å². The van der Waals surface area contributed by atoms with E-state index < -0.39 is 31.1 Å². The van der Waals surface area contributed by atoms with Crippen LogP contribution in [-0.2, 0) is 11.3 Å². The third-order valence-corrected chi connectivity index (χ3v) is 2.31. The summed E-state index contributed by atoms with van der Waals surface area (Å²) in [5, 5.41) is 4.41. The van der Waals surface area contributed by atoms with Crippen molar-refractivity contribution >= 4 is 11.8 Å². The molecule has 8 heteroatoms. The first-order valence-corrected chi connectivity index (χ1v) is 5.71. The van der Waals surface area contributed by atoms with Crippen molar-refractivity contribution < 1.29 is 22.8 Å². The quantitative estimate of drug-likeness (QED) is 0.715. The van der Waals surface area contributed by atoms with Crippen LogP contribution in [0.4, 0.5) is 13.2 Å². The van der Waals surface area contributed by atoms with Gasteiger partial charge < -0.3 is 16.4 Å². The number of amides is 2. The molecule has 20 heavy (non-hydrogen) atoms. The minimum atomic E-state index is -4.35. The fourth-order valence-electron chi connectivity index (χ4n) is 1.42. The molecule has 1 aromatic carbocycles. The van der Waals surface area contributed by atoms with E-state index in [0.29, 0.717) is 11.1 Å². The second-order valence-corrected chi connectivity index (χ2v) is 4.06. The number of carbonyl (C=O) groups excluding carboxylic acids is 2. The summed E-state index contributed by atoms with van der Waals surface area (Å²) in [6.45, 7) is -1.56. The highest BCUT2D eigenvalue weighted by molar-refractivity contribution is 5.92. The Morgan fingerprint density at radius 2 is 1.95 bits per heavy atom. The smallest absolute Gasteiger partial charge is 0.366 e. The minimum Gasteiger partial charge on any atom is -0.366 e. The molecular formula is C12H14F3N3O2. The van der Waals surface area contributed by atoms with Crippen molar-refractivity contribution in [1.29, 1.82) is 0 Å². The number of primary amides is 1. The molecule has 0 spiro atoms. The van der Waals surface area contributed by atoms with Crippen molar-refractivity contribution in [2.75, 3.05) is 13.1 Å². The molecule has 0 unspecified atom stereocenters. The molecule has 0 radical (unpaired) electrons. The van der Waals surface area contributed by atoms with E-state index >= 15 is 0 Å². The molecule has 4 N–H and O–H groups in total. The van der Waals surface area contributed by atoms with Crippen LogP contribution in [0.5, 0.6) is 0 Å². The van der Waals surface area contributed by atoms with Gasteiger partial charge in [0.25, 0.3) is 0 Å². The Morgan fingerprint density at radius 1 is 1.25 bits per heavy atom. The molecule has 0 saturated heterocycles. The lowest BCUT2D eigenvalue weighted by Crippen LogP contribution is -2.38. The molecule has 1 rings (SSSR count). The fraction of sp³-hybridized carbons (Fsp3) is 0.333. The van der Waals surface area contributed by atoms with E-state index in [9.17, 15) is 22.8 Å². The van der Waals surface area contributed by atoms with Gasteiger partial charge >= 0.3 is 6.18 Å². The number of carbonyl (C=O) groups is 2. The summed E-state index contributed by atoms with van der Waals surface area (Å²) < 4.78 is 35.5. The van der Waals surface area contributed by atoms with Crippen molar-refractivity contribution in [2.45, 2.75) is 12.7 Å². The monoisotopic (exact) mass is 289 g/mol. The second-order valence-electron chi connectivity index (χ2n) is 4.06. The number of hydrogen-bond donors (Lipinski definition) is 3. The lowest BCUT2D eigenvalue weighted by Gasteiger charge is -2.09. The number of rotatable bonds is 6. The maximum Gasteiger partial charge on any atom is 0.401 e. The predicted octanol–water partition coefficient (Wildman–Crippen LogP) is 0.554. The molecule has 0 heterocycles. The van der Waals surface area contributed by atoms with Crippen LogP contribution >= 0.6 is 0 Å². The van der Waals surface area contributed by atoms with E-state index in [1.54, 1.807) is 12.1 Å². The number of hydrogen-bond acceptors (Lipinski definition) is 3. The molecule has 0 aliphatic rings. The van der Waals surface area contributed by atoms with Crippen LogP contribution in [0.2, 0.25) is 0 Å². The van der Waals surface area contributed by atoms with Crippen LogP contribution in [0.3, 0.4) is 0 Å². The molecule has 5 nitrogen and oxygen atoms in total. The van der Waals surface area contributed by atoms with Gasteiger partial charge in [0, 0.05) is 12.1 Å². The van der Waals surface area contributed by atoms with Crippen LogP contribution in [0.25, 0.3) is 0 Å². The maximum atomic E-state index is 11.8. The fourth-order valence-corrected chi connectivity index (χ4v) is 1.42. The number of nitrogens with two attached hydrogens (primary N) is 1. The van der Waals surface area contributed by atoms with Crippen molar-refractivity contribution in [3.63, 3.8) is 0 Å². The van der Waals surface area contributed by atoms with Gasteiger partial charge in [-0.15, -0.1) is 0 Å². The van der Waals surface area contributed by atoms with Crippen molar-refractivity contribution in [3.05, 3.63) is 35.4 Å².